The van der Waals surface area contributed by atoms with E-state index < -0.39 is 5.66 Å². The van der Waals surface area contributed by atoms with Gasteiger partial charge in [-0.05, 0) is 18.8 Å². The fourth-order valence-electron chi connectivity index (χ4n) is 4.16. The lowest BCUT2D eigenvalue weighted by Crippen LogP contribution is -2.54. The Morgan fingerprint density at radius 2 is 2.12 bits per heavy atom. The Labute approximate surface area is 150 Å². The second kappa shape index (κ2) is 6.56. The smallest absolute Gasteiger partial charge is 0.218 e. The lowest BCUT2D eigenvalue weighted by atomic mass is 9.73. The zero-order valence-corrected chi connectivity index (χ0v) is 14.5. The molecule has 1 amide bonds. The SMILES string of the molecule is NC(=O)CC(C1=NN=CC1(N)n1cnc2cncnc21)C1CCCCC1. The molecule has 0 spiro atoms. The maximum atomic E-state index is 11.8. The Morgan fingerprint density at radius 3 is 2.88 bits per heavy atom. The van der Waals surface area contributed by atoms with E-state index in [0.717, 1.165) is 25.7 Å². The first-order chi connectivity index (χ1) is 12.6. The summed E-state index contributed by atoms with van der Waals surface area (Å²) in [5, 5.41) is 8.44. The van der Waals surface area contributed by atoms with Crippen molar-refractivity contribution in [3.05, 3.63) is 18.9 Å². The van der Waals surface area contributed by atoms with Crippen molar-refractivity contribution in [2.24, 2.45) is 33.5 Å². The first-order valence-electron chi connectivity index (χ1n) is 8.93. The number of imidazole rings is 1. The highest BCUT2D eigenvalue weighted by Gasteiger charge is 2.44. The van der Waals surface area contributed by atoms with Crippen LogP contribution in [0, 0.1) is 11.8 Å². The molecule has 0 saturated heterocycles. The van der Waals surface area contributed by atoms with Crippen LogP contribution in [-0.2, 0) is 10.5 Å². The van der Waals surface area contributed by atoms with E-state index in [0.29, 0.717) is 22.8 Å². The van der Waals surface area contributed by atoms with Crippen molar-refractivity contribution >= 4 is 29.0 Å². The van der Waals surface area contributed by atoms with Gasteiger partial charge in [0.05, 0.1) is 24.5 Å². The summed E-state index contributed by atoms with van der Waals surface area (Å²) in [6.45, 7) is 0. The number of fused-ring (bicyclic) bond motifs is 1. The predicted molar refractivity (Wildman–Crippen MR) is 97.3 cm³/mol. The van der Waals surface area contributed by atoms with Crippen LogP contribution in [0.15, 0.2) is 29.1 Å². The average molecular weight is 354 g/mol. The molecule has 1 aliphatic heterocycles. The van der Waals surface area contributed by atoms with E-state index in [1.165, 1.54) is 12.7 Å². The summed E-state index contributed by atoms with van der Waals surface area (Å²) in [7, 11) is 0. The van der Waals surface area contributed by atoms with Crippen molar-refractivity contribution in [3.63, 3.8) is 0 Å². The summed E-state index contributed by atoms with van der Waals surface area (Å²) in [5.74, 6) is -0.168. The van der Waals surface area contributed by atoms with E-state index >= 15 is 0 Å². The topological polar surface area (TPSA) is 137 Å². The maximum absolute atomic E-state index is 11.8. The third kappa shape index (κ3) is 2.78. The summed E-state index contributed by atoms with van der Waals surface area (Å²) >= 11 is 0. The van der Waals surface area contributed by atoms with Gasteiger partial charge < -0.3 is 5.73 Å². The summed E-state index contributed by atoms with van der Waals surface area (Å²) in [5.41, 5.74) is 13.1. The van der Waals surface area contributed by atoms with Crippen molar-refractivity contribution in [3.8, 4) is 0 Å². The van der Waals surface area contributed by atoms with Gasteiger partial charge >= 0.3 is 0 Å². The first kappa shape index (κ1) is 16.8. The number of hydrogen-bond acceptors (Lipinski definition) is 7. The molecule has 9 nitrogen and oxygen atoms in total. The monoisotopic (exact) mass is 354 g/mol. The molecule has 26 heavy (non-hydrogen) atoms. The highest BCUT2D eigenvalue weighted by molar-refractivity contribution is 6.10. The molecule has 2 aliphatic rings. The van der Waals surface area contributed by atoms with Gasteiger partial charge in [-0.25, -0.2) is 15.0 Å². The molecule has 3 heterocycles. The van der Waals surface area contributed by atoms with E-state index in [9.17, 15) is 4.79 Å². The Balaban J connectivity index is 1.75. The van der Waals surface area contributed by atoms with Crippen LogP contribution in [0.2, 0.25) is 0 Å². The number of carbonyl (C=O) groups excluding carboxylic acids is 1. The molecular weight excluding hydrogens is 332 g/mol. The van der Waals surface area contributed by atoms with E-state index in [1.54, 1.807) is 23.3 Å². The first-order valence-corrected chi connectivity index (χ1v) is 8.93. The lowest BCUT2D eigenvalue weighted by Gasteiger charge is -2.35. The van der Waals surface area contributed by atoms with Crippen molar-refractivity contribution in [2.45, 2.75) is 44.2 Å². The highest BCUT2D eigenvalue weighted by atomic mass is 16.1. The normalized spacial score (nSPS) is 24.7. The number of rotatable bonds is 5. The predicted octanol–water partition coefficient (Wildman–Crippen LogP) is 0.950. The van der Waals surface area contributed by atoms with Crippen molar-refractivity contribution in [1.29, 1.82) is 0 Å². The van der Waals surface area contributed by atoms with Gasteiger partial charge in [0.15, 0.2) is 11.3 Å². The summed E-state index contributed by atoms with van der Waals surface area (Å²) < 4.78 is 1.75. The van der Waals surface area contributed by atoms with Crippen molar-refractivity contribution in [2.75, 3.05) is 0 Å². The second-order valence-corrected chi connectivity index (χ2v) is 7.08. The molecule has 2 aromatic heterocycles. The van der Waals surface area contributed by atoms with Crippen LogP contribution in [0.5, 0.6) is 0 Å². The minimum absolute atomic E-state index is 0.139. The van der Waals surface area contributed by atoms with Crippen molar-refractivity contribution < 1.29 is 4.79 Å². The van der Waals surface area contributed by atoms with E-state index in [-0.39, 0.29) is 18.2 Å². The van der Waals surface area contributed by atoms with Gasteiger partial charge in [0.25, 0.3) is 0 Å². The fraction of sp³-hybridized carbons (Fsp3) is 0.529. The van der Waals surface area contributed by atoms with Crippen LogP contribution in [0.4, 0.5) is 0 Å². The van der Waals surface area contributed by atoms with Crippen LogP contribution in [0.3, 0.4) is 0 Å². The lowest BCUT2D eigenvalue weighted by molar-refractivity contribution is -0.118. The van der Waals surface area contributed by atoms with Gasteiger partial charge in [-0.15, -0.1) is 0 Å². The zero-order chi connectivity index (χ0) is 18.1. The van der Waals surface area contributed by atoms with Crippen LogP contribution in [-0.4, -0.2) is 37.4 Å². The van der Waals surface area contributed by atoms with Crippen molar-refractivity contribution in [1.82, 2.24) is 19.5 Å². The Hall–Kier alpha value is -2.68. The van der Waals surface area contributed by atoms with E-state index in [4.69, 9.17) is 11.5 Å². The molecule has 136 valence electrons. The third-order valence-corrected chi connectivity index (χ3v) is 5.43. The number of primary amides is 1. The Morgan fingerprint density at radius 1 is 1.31 bits per heavy atom. The Kier molecular flexibility index (Phi) is 4.23. The van der Waals surface area contributed by atoms with E-state index in [1.807, 2.05) is 0 Å². The quantitative estimate of drug-likeness (QED) is 0.823. The zero-order valence-electron chi connectivity index (χ0n) is 14.5. The van der Waals surface area contributed by atoms with Crippen LogP contribution < -0.4 is 11.5 Å². The third-order valence-electron chi connectivity index (χ3n) is 5.43. The molecule has 0 radical (unpaired) electrons. The standard InChI is InChI=1S/C17H22N8O/c18-14(26)6-12(11-4-2-1-3-5-11)15-17(19,8-23-24-15)25-10-22-13-7-20-9-21-16(13)25/h7-12H,1-6,19H2,(H2,18,26). The molecular formula is C17H22N8O. The number of amides is 1. The Bertz CT molecular complexity index is 882. The summed E-state index contributed by atoms with van der Waals surface area (Å²) in [6.07, 6.45) is 12.1. The summed E-state index contributed by atoms with van der Waals surface area (Å²) in [4.78, 5) is 24.4. The van der Waals surface area contributed by atoms with Gasteiger partial charge in [0, 0.05) is 12.3 Å². The molecule has 0 bridgehead atoms. The molecule has 0 aromatic carbocycles. The van der Waals surface area contributed by atoms with Gasteiger partial charge in [-0.3, -0.25) is 15.1 Å². The molecule has 2 unspecified atom stereocenters. The molecule has 2 aromatic rings. The van der Waals surface area contributed by atoms with Crippen LogP contribution in [0.1, 0.15) is 38.5 Å². The number of aromatic nitrogens is 4. The second-order valence-electron chi connectivity index (χ2n) is 7.08. The minimum atomic E-state index is -1.11. The average Bonchev–Trinajstić information content (AvgIpc) is 3.25. The molecule has 1 aliphatic carbocycles. The minimum Gasteiger partial charge on any atom is -0.370 e. The molecule has 2 atom stereocenters. The number of nitrogens with two attached hydrogens (primary N) is 2. The summed E-state index contributed by atoms with van der Waals surface area (Å²) in [6, 6.07) is 0. The molecule has 4 N–H and O–H groups in total. The molecule has 1 fully saturated rings. The van der Waals surface area contributed by atoms with Gasteiger partial charge in [0.2, 0.25) is 5.91 Å². The molecule has 4 rings (SSSR count). The van der Waals surface area contributed by atoms with E-state index in [2.05, 4.69) is 25.2 Å². The van der Waals surface area contributed by atoms with Crippen LogP contribution in [0.25, 0.3) is 11.2 Å². The molecule has 1 saturated carbocycles. The largest absolute Gasteiger partial charge is 0.370 e. The maximum Gasteiger partial charge on any atom is 0.218 e. The number of nitrogens with zero attached hydrogens (tertiary/aromatic N) is 6. The van der Waals surface area contributed by atoms with Gasteiger partial charge in [-0.1, -0.05) is 19.3 Å². The fourth-order valence-corrected chi connectivity index (χ4v) is 4.16. The van der Waals surface area contributed by atoms with Crippen LogP contribution >= 0.6 is 0 Å². The van der Waals surface area contributed by atoms with Gasteiger partial charge in [0.1, 0.15) is 11.8 Å². The van der Waals surface area contributed by atoms with Gasteiger partial charge in [-0.2, -0.15) is 10.2 Å². The number of carbonyl (C=O) groups is 1. The number of hydrogen-bond donors (Lipinski definition) is 2. The molecule has 9 heteroatoms. The highest BCUT2D eigenvalue weighted by Crippen LogP contribution is 2.37.